The first-order chi connectivity index (χ1) is 11.7. The first-order valence-corrected chi connectivity index (χ1v) is 9.19. The molecule has 0 aliphatic carbocycles. The number of methoxy groups -OCH3 is 1. The van der Waals surface area contributed by atoms with E-state index >= 15 is 0 Å². The number of ether oxygens (including phenoxy) is 1. The predicted molar refractivity (Wildman–Crippen MR) is 92.8 cm³/mol. The van der Waals surface area contributed by atoms with Crippen LogP contribution in [0.2, 0.25) is 0 Å². The summed E-state index contributed by atoms with van der Waals surface area (Å²) >= 11 is 0. The molecule has 0 aromatic heterocycles. The Balaban J connectivity index is 2.27. The summed E-state index contributed by atoms with van der Waals surface area (Å²) in [6.07, 6.45) is 0. The predicted octanol–water partition coefficient (Wildman–Crippen LogP) is 2.97. The van der Waals surface area contributed by atoms with Gasteiger partial charge in [0.1, 0.15) is 11.9 Å². The number of hydrogen-bond acceptors (Lipinski definition) is 4. The van der Waals surface area contributed by atoms with Crippen LogP contribution in [0.4, 0.5) is 4.39 Å². The van der Waals surface area contributed by atoms with Gasteiger partial charge in [0.15, 0.2) is 0 Å². The number of hydrogen-bond donors (Lipinski definition) is 1. The van der Waals surface area contributed by atoms with Gasteiger partial charge in [-0.15, -0.1) is 0 Å². The second kappa shape index (κ2) is 7.76. The molecule has 0 aliphatic rings. The molecule has 2 rings (SSSR count). The summed E-state index contributed by atoms with van der Waals surface area (Å²) in [4.78, 5) is 11.8. The fraction of sp³-hybridized carbons (Fsp3) is 0.278. The van der Waals surface area contributed by atoms with E-state index in [0.717, 1.165) is 0 Å². The Kier molecular flexibility index (Phi) is 5.92. The highest BCUT2D eigenvalue weighted by Crippen LogP contribution is 2.22. The van der Waals surface area contributed by atoms with E-state index in [1.807, 2.05) is 0 Å². The van der Waals surface area contributed by atoms with Crippen LogP contribution in [0.3, 0.4) is 0 Å². The van der Waals surface area contributed by atoms with E-state index in [1.54, 1.807) is 38.1 Å². The highest BCUT2D eigenvalue weighted by atomic mass is 32.2. The van der Waals surface area contributed by atoms with Gasteiger partial charge in [-0.05, 0) is 41.3 Å². The van der Waals surface area contributed by atoms with Crippen LogP contribution in [-0.2, 0) is 19.6 Å². The first-order valence-electron chi connectivity index (χ1n) is 7.71. The molecule has 0 fully saturated rings. The Bertz CT molecular complexity index is 848. The summed E-state index contributed by atoms with van der Waals surface area (Å²) in [5, 5.41) is 0. The monoisotopic (exact) mass is 364 g/mol. The average Bonchev–Trinajstić information content (AvgIpc) is 2.59. The van der Waals surface area contributed by atoms with E-state index in [-0.39, 0.29) is 16.6 Å². The molecule has 1 N–H and O–H groups in total. The van der Waals surface area contributed by atoms with E-state index in [9.17, 15) is 17.6 Å². The second-order valence-electron chi connectivity index (χ2n) is 5.90. The van der Waals surface area contributed by atoms with Crippen LogP contribution in [-0.4, -0.2) is 27.5 Å². The van der Waals surface area contributed by atoms with Gasteiger partial charge >= 0.3 is 5.97 Å². The molecular weight excluding hydrogens is 344 g/mol. The molecular formula is C18H20FNO4S. The molecule has 0 saturated heterocycles. The number of halogens is 1. The summed E-state index contributed by atoms with van der Waals surface area (Å²) in [6, 6.07) is 11.1. The normalized spacial score (nSPS) is 12.8. The van der Waals surface area contributed by atoms with Crippen molar-refractivity contribution in [3.63, 3.8) is 0 Å². The van der Waals surface area contributed by atoms with Gasteiger partial charge in [0.05, 0.1) is 12.0 Å². The molecule has 5 nitrogen and oxygen atoms in total. The number of carbonyl (C=O) groups is 1. The van der Waals surface area contributed by atoms with Gasteiger partial charge in [-0.1, -0.05) is 38.1 Å². The molecule has 1 atom stereocenters. The lowest BCUT2D eigenvalue weighted by Crippen LogP contribution is -2.44. The molecule has 134 valence electrons. The van der Waals surface area contributed by atoms with Crippen molar-refractivity contribution in [1.29, 1.82) is 0 Å². The van der Waals surface area contributed by atoms with Crippen LogP contribution in [0.1, 0.15) is 13.8 Å². The number of nitrogens with one attached hydrogen (secondary N) is 1. The lowest BCUT2D eigenvalue weighted by molar-refractivity contribution is -0.143. The maximum atomic E-state index is 13.3. The third-order valence-electron chi connectivity index (χ3n) is 3.73. The van der Waals surface area contributed by atoms with Crippen molar-refractivity contribution in [3.05, 3.63) is 54.3 Å². The summed E-state index contributed by atoms with van der Waals surface area (Å²) in [5.41, 5.74) is 1.33. The van der Waals surface area contributed by atoms with Gasteiger partial charge in [-0.3, -0.25) is 4.79 Å². The maximum Gasteiger partial charge on any atom is 0.324 e. The molecule has 2 aromatic carbocycles. The maximum absolute atomic E-state index is 13.3. The topological polar surface area (TPSA) is 72.5 Å². The molecule has 0 spiro atoms. The molecule has 0 saturated carbocycles. The van der Waals surface area contributed by atoms with E-state index in [1.165, 1.54) is 31.4 Å². The van der Waals surface area contributed by atoms with Crippen molar-refractivity contribution < 1.29 is 22.3 Å². The third-order valence-corrected chi connectivity index (χ3v) is 5.18. The number of carbonyl (C=O) groups excluding carboxylic acids is 1. The van der Waals surface area contributed by atoms with Crippen LogP contribution in [0.15, 0.2) is 53.4 Å². The van der Waals surface area contributed by atoms with Crippen molar-refractivity contribution >= 4 is 16.0 Å². The van der Waals surface area contributed by atoms with Gasteiger partial charge in [0.2, 0.25) is 10.0 Å². The van der Waals surface area contributed by atoms with Crippen LogP contribution >= 0.6 is 0 Å². The van der Waals surface area contributed by atoms with Crippen LogP contribution in [0, 0.1) is 11.7 Å². The molecule has 0 radical (unpaired) electrons. The number of rotatable bonds is 6. The number of benzene rings is 2. The Morgan fingerprint density at radius 1 is 1.08 bits per heavy atom. The van der Waals surface area contributed by atoms with Crippen molar-refractivity contribution in [1.82, 2.24) is 4.72 Å². The molecule has 0 heterocycles. The molecule has 1 unspecified atom stereocenters. The summed E-state index contributed by atoms with van der Waals surface area (Å²) in [6.45, 7) is 3.44. The highest BCUT2D eigenvalue weighted by molar-refractivity contribution is 7.89. The van der Waals surface area contributed by atoms with Gasteiger partial charge in [0, 0.05) is 0 Å². The second-order valence-corrected chi connectivity index (χ2v) is 7.61. The third kappa shape index (κ3) is 4.64. The average molecular weight is 364 g/mol. The largest absolute Gasteiger partial charge is 0.468 e. The molecule has 0 amide bonds. The van der Waals surface area contributed by atoms with Gasteiger partial charge in [-0.2, -0.15) is 4.72 Å². The fourth-order valence-electron chi connectivity index (χ4n) is 2.31. The SMILES string of the molecule is CC(C)C(NS(=O)(=O)c1ccc(-c2cccc(F)c2)cc1)C(=O)O[11CH3]. The van der Waals surface area contributed by atoms with Crippen molar-refractivity contribution in [3.8, 4) is 11.1 Å². The zero-order valence-electron chi connectivity index (χ0n) is 14.2. The Morgan fingerprint density at radius 2 is 1.72 bits per heavy atom. The minimum Gasteiger partial charge on any atom is -0.468 e. The van der Waals surface area contributed by atoms with Crippen LogP contribution < -0.4 is 4.72 Å². The molecule has 7 heteroatoms. The zero-order valence-corrected chi connectivity index (χ0v) is 15.0. The zero-order chi connectivity index (χ0) is 18.6. The fourth-order valence-corrected chi connectivity index (χ4v) is 3.65. The summed E-state index contributed by atoms with van der Waals surface area (Å²) in [5.74, 6) is -1.28. The minimum absolute atomic E-state index is 0.0159. The lowest BCUT2D eigenvalue weighted by Gasteiger charge is -2.19. The standard InChI is InChI=1S/C18H20FNO4S/c1-12(2)17(18(21)24-3)20-25(22,23)16-9-7-13(8-10-16)14-5-4-6-15(19)11-14/h4-12,17,20H,1-3H3/i3-1. The molecule has 2 aromatic rings. The van der Waals surface area contributed by atoms with Crippen LogP contribution in [0.25, 0.3) is 11.1 Å². The summed E-state index contributed by atoms with van der Waals surface area (Å²) in [7, 11) is -2.68. The quantitative estimate of drug-likeness (QED) is 0.800. The number of sulfonamides is 1. The molecule has 0 aliphatic heterocycles. The van der Waals surface area contributed by atoms with E-state index < -0.39 is 22.0 Å². The van der Waals surface area contributed by atoms with Gasteiger partial charge < -0.3 is 4.74 Å². The van der Waals surface area contributed by atoms with E-state index in [2.05, 4.69) is 9.46 Å². The van der Waals surface area contributed by atoms with E-state index in [0.29, 0.717) is 11.1 Å². The van der Waals surface area contributed by atoms with Crippen molar-refractivity contribution in [2.45, 2.75) is 24.8 Å². The smallest absolute Gasteiger partial charge is 0.324 e. The molecule has 0 bridgehead atoms. The van der Waals surface area contributed by atoms with Gasteiger partial charge in [-0.25, -0.2) is 12.8 Å². The Hall–Kier alpha value is -2.25. The first kappa shape index (κ1) is 19.1. The lowest BCUT2D eigenvalue weighted by atomic mass is 10.1. The minimum atomic E-state index is -3.89. The number of esters is 1. The van der Waals surface area contributed by atoms with Crippen molar-refractivity contribution in [2.75, 3.05) is 7.11 Å². The summed E-state index contributed by atoms with van der Waals surface area (Å²) < 4.78 is 45.3. The van der Waals surface area contributed by atoms with E-state index in [4.69, 9.17) is 0 Å². The van der Waals surface area contributed by atoms with Gasteiger partial charge in [0.25, 0.3) is 0 Å². The Morgan fingerprint density at radius 3 is 2.24 bits per heavy atom. The van der Waals surface area contributed by atoms with Crippen molar-refractivity contribution in [2.24, 2.45) is 5.92 Å². The molecule has 25 heavy (non-hydrogen) atoms. The highest BCUT2D eigenvalue weighted by Gasteiger charge is 2.29. The Labute approximate surface area is 146 Å². The van der Waals surface area contributed by atoms with Crippen LogP contribution in [0.5, 0.6) is 0 Å².